The topological polar surface area (TPSA) is 42.7 Å². The van der Waals surface area contributed by atoms with Crippen molar-refractivity contribution in [3.05, 3.63) is 53.8 Å². The number of hydrogen-bond acceptors (Lipinski definition) is 3. The van der Waals surface area contributed by atoms with Crippen molar-refractivity contribution < 1.29 is 17.9 Å². The van der Waals surface area contributed by atoms with Crippen molar-refractivity contribution in [1.29, 1.82) is 0 Å². The molecule has 5 nitrogen and oxygen atoms in total. The van der Waals surface area contributed by atoms with Gasteiger partial charge in [0.1, 0.15) is 17.1 Å². The largest absolute Gasteiger partial charge is 0.435 e. The Morgan fingerprint density at radius 1 is 1.19 bits per heavy atom. The summed E-state index contributed by atoms with van der Waals surface area (Å²) in [5.74, 6) is 0.0707. The van der Waals surface area contributed by atoms with E-state index in [9.17, 15) is 13.2 Å². The van der Waals surface area contributed by atoms with Gasteiger partial charge in [-0.15, -0.1) is 0 Å². The van der Waals surface area contributed by atoms with Crippen molar-refractivity contribution in [2.75, 3.05) is 14.1 Å². The van der Waals surface area contributed by atoms with E-state index in [2.05, 4.69) is 14.8 Å². The molecule has 0 radical (unpaired) electrons. The van der Waals surface area contributed by atoms with Gasteiger partial charge in [-0.25, -0.2) is 9.38 Å². The van der Waals surface area contributed by atoms with Crippen LogP contribution in [0.3, 0.4) is 0 Å². The van der Waals surface area contributed by atoms with E-state index in [1.165, 1.54) is 22.9 Å². The van der Waals surface area contributed by atoms with Gasteiger partial charge in [-0.1, -0.05) is 18.2 Å². The first kappa shape index (κ1) is 17.8. The molecule has 0 aliphatic rings. The number of nitrogens with zero attached hydrogens (tertiary/aromatic N) is 4. The van der Waals surface area contributed by atoms with Crippen molar-refractivity contribution in [2.45, 2.75) is 13.2 Å². The zero-order valence-corrected chi connectivity index (χ0v) is 14.2. The van der Waals surface area contributed by atoms with Crippen LogP contribution in [0.2, 0.25) is 0 Å². The number of aromatic nitrogens is 2. The van der Waals surface area contributed by atoms with E-state index < -0.39 is 12.4 Å². The molecule has 1 aromatic heterocycles. The maximum atomic E-state index is 14.3. The first-order chi connectivity index (χ1) is 12.4. The Bertz CT molecular complexity index is 920. The van der Waals surface area contributed by atoms with Gasteiger partial charge in [0.15, 0.2) is 5.82 Å². The van der Waals surface area contributed by atoms with E-state index in [4.69, 9.17) is 0 Å². The van der Waals surface area contributed by atoms with Gasteiger partial charge in [0, 0.05) is 19.5 Å². The van der Waals surface area contributed by atoms with Gasteiger partial charge in [0.2, 0.25) is 0 Å². The van der Waals surface area contributed by atoms with Crippen molar-refractivity contribution in [2.24, 2.45) is 4.99 Å². The normalized spacial score (nSPS) is 11.6. The molecule has 1 heterocycles. The molecule has 0 amide bonds. The maximum absolute atomic E-state index is 14.3. The van der Waals surface area contributed by atoms with Crippen LogP contribution in [0.5, 0.6) is 5.75 Å². The van der Waals surface area contributed by atoms with E-state index in [0.29, 0.717) is 16.7 Å². The molecule has 0 bridgehead atoms. The molecule has 0 spiro atoms. The zero-order valence-electron chi connectivity index (χ0n) is 14.2. The fourth-order valence-electron chi connectivity index (χ4n) is 2.51. The van der Waals surface area contributed by atoms with Crippen LogP contribution in [0.15, 0.2) is 47.5 Å². The average Bonchev–Trinajstić information content (AvgIpc) is 2.93. The summed E-state index contributed by atoms with van der Waals surface area (Å²) in [5, 5.41) is 4.99. The number of alkyl halides is 2. The maximum Gasteiger partial charge on any atom is 0.387 e. The van der Waals surface area contributed by atoms with E-state index in [1.54, 1.807) is 35.5 Å². The number of hydrogen-bond donors (Lipinski definition) is 0. The second-order valence-corrected chi connectivity index (χ2v) is 5.85. The molecule has 136 valence electrons. The molecule has 0 aliphatic carbocycles. The number of aliphatic imine (C=N–C) groups is 1. The third-order valence-electron chi connectivity index (χ3n) is 3.59. The average molecular weight is 362 g/mol. The van der Waals surface area contributed by atoms with Gasteiger partial charge >= 0.3 is 6.61 Å². The fourth-order valence-corrected chi connectivity index (χ4v) is 2.51. The third-order valence-corrected chi connectivity index (χ3v) is 3.59. The van der Waals surface area contributed by atoms with Crippen LogP contribution in [0.1, 0.15) is 5.56 Å². The lowest BCUT2D eigenvalue weighted by molar-refractivity contribution is -0.0498. The molecule has 8 heteroatoms. The highest BCUT2D eigenvalue weighted by Gasteiger charge is 2.14. The lowest BCUT2D eigenvalue weighted by Crippen LogP contribution is -2.07. The smallest absolute Gasteiger partial charge is 0.387 e. The number of rotatable bonds is 6. The predicted octanol–water partition coefficient (Wildman–Crippen LogP) is 4.05. The lowest BCUT2D eigenvalue weighted by atomic mass is 10.2. The van der Waals surface area contributed by atoms with Gasteiger partial charge in [-0.2, -0.15) is 13.9 Å². The Kier molecular flexibility index (Phi) is 5.11. The third kappa shape index (κ3) is 3.96. The molecule has 0 N–H and O–H groups in total. The summed E-state index contributed by atoms with van der Waals surface area (Å²) in [6.45, 7) is -2.61. The summed E-state index contributed by atoms with van der Waals surface area (Å²) in [7, 11) is 3.65. The highest BCUT2D eigenvalue weighted by Crippen LogP contribution is 2.28. The Morgan fingerprint density at radius 2 is 1.92 bits per heavy atom. The molecule has 0 saturated heterocycles. The molecule has 3 aromatic rings. The summed E-state index contributed by atoms with van der Waals surface area (Å²) in [6.07, 6.45) is 1.59. The summed E-state index contributed by atoms with van der Waals surface area (Å²) >= 11 is 0. The van der Waals surface area contributed by atoms with Crippen LogP contribution in [0.4, 0.5) is 19.0 Å². The highest BCUT2D eigenvalue weighted by atomic mass is 19.3. The highest BCUT2D eigenvalue weighted by molar-refractivity contribution is 5.90. The Morgan fingerprint density at radius 3 is 2.58 bits per heavy atom. The van der Waals surface area contributed by atoms with Gasteiger partial charge in [0.05, 0.1) is 12.9 Å². The standard InChI is InChI=1S/C18H17F3N4O/c1-24(2)11-22-17-14-4-3-5-15(19)16(14)25(23-17)10-12-6-8-13(9-7-12)26-18(20)21/h3-9,11,18H,10H2,1-2H3/b22-11-. The zero-order chi connectivity index (χ0) is 18.7. The number of halogens is 3. The minimum atomic E-state index is -2.87. The van der Waals surface area contributed by atoms with Crippen LogP contribution >= 0.6 is 0 Å². The van der Waals surface area contributed by atoms with E-state index in [0.717, 1.165) is 5.56 Å². The molecule has 0 atom stereocenters. The van der Waals surface area contributed by atoms with Crippen LogP contribution in [-0.2, 0) is 6.54 Å². The number of para-hydroxylation sites is 1. The monoisotopic (exact) mass is 362 g/mol. The van der Waals surface area contributed by atoms with Gasteiger partial charge in [-0.05, 0) is 29.8 Å². The molecule has 0 saturated carbocycles. The number of fused-ring (bicyclic) bond motifs is 1. The quantitative estimate of drug-likeness (QED) is 0.491. The Balaban J connectivity index is 1.94. The summed E-state index contributed by atoms with van der Waals surface area (Å²) < 4.78 is 44.6. The van der Waals surface area contributed by atoms with Crippen molar-refractivity contribution in [1.82, 2.24) is 14.7 Å². The van der Waals surface area contributed by atoms with Crippen LogP contribution < -0.4 is 4.74 Å². The van der Waals surface area contributed by atoms with Crippen LogP contribution in [0.25, 0.3) is 10.9 Å². The Hall–Kier alpha value is -3.03. The minimum Gasteiger partial charge on any atom is -0.435 e. The van der Waals surface area contributed by atoms with Crippen LogP contribution in [0, 0.1) is 5.82 Å². The molecular formula is C18H17F3N4O. The summed E-state index contributed by atoms with van der Waals surface area (Å²) in [4.78, 5) is 6.04. The molecule has 0 fully saturated rings. The Labute approximate surface area is 148 Å². The predicted molar refractivity (Wildman–Crippen MR) is 93.7 cm³/mol. The number of ether oxygens (including phenoxy) is 1. The first-order valence-corrected chi connectivity index (χ1v) is 7.83. The molecule has 2 aromatic carbocycles. The van der Waals surface area contributed by atoms with Crippen LogP contribution in [-0.4, -0.2) is 41.7 Å². The lowest BCUT2D eigenvalue weighted by Gasteiger charge is -2.07. The molecule has 0 unspecified atom stereocenters. The number of benzene rings is 2. The van der Waals surface area contributed by atoms with E-state index in [1.807, 2.05) is 14.1 Å². The van der Waals surface area contributed by atoms with Crippen molar-refractivity contribution in [3.63, 3.8) is 0 Å². The minimum absolute atomic E-state index is 0.0662. The van der Waals surface area contributed by atoms with E-state index >= 15 is 0 Å². The van der Waals surface area contributed by atoms with Crippen molar-refractivity contribution >= 4 is 23.1 Å². The second kappa shape index (κ2) is 7.47. The van der Waals surface area contributed by atoms with Gasteiger partial charge in [0.25, 0.3) is 0 Å². The summed E-state index contributed by atoms with van der Waals surface area (Å²) in [5.41, 5.74) is 1.11. The van der Waals surface area contributed by atoms with E-state index in [-0.39, 0.29) is 12.3 Å². The fraction of sp³-hybridized carbons (Fsp3) is 0.222. The molecule has 0 aliphatic heterocycles. The van der Waals surface area contributed by atoms with Gasteiger partial charge in [-0.3, -0.25) is 4.68 Å². The molecule has 26 heavy (non-hydrogen) atoms. The van der Waals surface area contributed by atoms with Crippen molar-refractivity contribution in [3.8, 4) is 5.75 Å². The SMILES string of the molecule is CN(C)/C=N\c1nn(Cc2ccc(OC(F)F)cc2)c2c(F)cccc12. The second-order valence-electron chi connectivity index (χ2n) is 5.85. The first-order valence-electron chi connectivity index (χ1n) is 7.83. The molecular weight excluding hydrogens is 345 g/mol. The summed E-state index contributed by atoms with van der Waals surface area (Å²) in [6, 6.07) is 10.9. The van der Waals surface area contributed by atoms with Gasteiger partial charge < -0.3 is 9.64 Å². The molecule has 3 rings (SSSR count).